The van der Waals surface area contributed by atoms with Gasteiger partial charge in [0, 0.05) is 74.0 Å². The SMILES string of the molecule is CC1CCC(c2ccccc2)S(=O)(=O)N1Cc1ccc(C2(OCC(=O)OC3CC3(C#N)c3ccc(CNS(=O)[O-])c(F)c3)CCOCC2)cc1F. The van der Waals surface area contributed by atoms with Crippen LogP contribution >= 0.6 is 0 Å². The lowest BCUT2D eigenvalue weighted by Gasteiger charge is -2.38. The zero-order chi connectivity index (χ0) is 36.4. The van der Waals surface area contributed by atoms with Gasteiger partial charge in [0.2, 0.25) is 10.0 Å². The highest BCUT2D eigenvalue weighted by molar-refractivity contribution is 7.89. The summed E-state index contributed by atoms with van der Waals surface area (Å²) in [5, 5.41) is 9.23. The van der Waals surface area contributed by atoms with Crippen LogP contribution in [0.2, 0.25) is 0 Å². The standard InChI is InChI=1S/C36H39F2N3O8S2/c1-24-7-12-32(25-5-3-2-4-6-25)51(45,46)41(24)21-27-9-11-29(18-31(27)38)36(13-15-47-16-14-36)48-22-34(42)49-33-19-35(33,23-39)28-10-8-26(30(37)17-28)20-40-50(43)44/h2-6,8-11,17-18,24,32-33,40H,7,12-16,19-22H2,1H3,(H,43,44)/p-1. The highest BCUT2D eigenvalue weighted by Gasteiger charge is 2.60. The van der Waals surface area contributed by atoms with Crippen LogP contribution in [0.4, 0.5) is 8.78 Å². The van der Waals surface area contributed by atoms with Crippen molar-refractivity contribution in [3.05, 3.63) is 106 Å². The number of hydrogen-bond donors (Lipinski definition) is 1. The number of carbonyl (C=O) groups is 1. The smallest absolute Gasteiger partial charge is 0.332 e. The summed E-state index contributed by atoms with van der Waals surface area (Å²) in [6, 6.07) is 19.4. The Morgan fingerprint density at radius 2 is 1.73 bits per heavy atom. The van der Waals surface area contributed by atoms with Crippen molar-refractivity contribution >= 4 is 27.3 Å². The molecule has 0 aromatic heterocycles. The molecule has 15 heteroatoms. The molecule has 2 saturated heterocycles. The Hall–Kier alpha value is -3.62. The van der Waals surface area contributed by atoms with E-state index in [9.17, 15) is 31.6 Å². The van der Waals surface area contributed by atoms with Crippen LogP contribution in [0, 0.1) is 23.0 Å². The summed E-state index contributed by atoms with van der Waals surface area (Å²) >= 11 is -2.57. The molecule has 5 unspecified atom stereocenters. The highest BCUT2D eigenvalue weighted by Crippen LogP contribution is 2.50. The number of sulfonamides is 1. The average Bonchev–Trinajstić information content (AvgIpc) is 3.83. The Kier molecular flexibility index (Phi) is 11.0. The molecule has 0 amide bonds. The molecule has 3 fully saturated rings. The van der Waals surface area contributed by atoms with Gasteiger partial charge < -0.3 is 18.8 Å². The molecule has 11 nitrogen and oxygen atoms in total. The van der Waals surface area contributed by atoms with Gasteiger partial charge in [-0.25, -0.2) is 26.7 Å². The fourth-order valence-corrected chi connectivity index (χ4v) is 9.51. The molecule has 3 aliphatic rings. The van der Waals surface area contributed by atoms with Crippen molar-refractivity contribution in [2.75, 3.05) is 19.8 Å². The van der Waals surface area contributed by atoms with Crippen LogP contribution in [-0.4, -0.2) is 59.4 Å². The van der Waals surface area contributed by atoms with E-state index in [0.717, 1.165) is 6.07 Å². The minimum absolute atomic E-state index is 0.0904. The molecular formula is C36H38F2N3O8S2-. The summed E-state index contributed by atoms with van der Waals surface area (Å²) in [6.07, 6.45) is 1.04. The van der Waals surface area contributed by atoms with E-state index in [0.29, 0.717) is 55.6 Å². The van der Waals surface area contributed by atoms with E-state index in [1.165, 1.54) is 22.5 Å². The van der Waals surface area contributed by atoms with Crippen molar-refractivity contribution < 1.29 is 45.0 Å². The number of benzene rings is 3. The number of nitrogens with zero attached hydrogens (tertiary/aromatic N) is 2. The minimum Gasteiger partial charge on any atom is -0.760 e. The average molecular weight is 743 g/mol. The van der Waals surface area contributed by atoms with Crippen LogP contribution in [0.25, 0.3) is 0 Å². The Morgan fingerprint density at radius 3 is 2.39 bits per heavy atom. The molecule has 272 valence electrons. The first kappa shape index (κ1) is 37.1. The quantitative estimate of drug-likeness (QED) is 0.205. The molecule has 2 aliphatic heterocycles. The van der Waals surface area contributed by atoms with Gasteiger partial charge in [-0.2, -0.15) is 9.57 Å². The fourth-order valence-electron chi connectivity index (χ4n) is 7.05. The minimum atomic E-state index is -3.77. The number of hydrogen-bond acceptors (Lipinski definition) is 9. The highest BCUT2D eigenvalue weighted by atomic mass is 32.2. The molecule has 0 bridgehead atoms. The van der Waals surface area contributed by atoms with Gasteiger partial charge in [-0.05, 0) is 48.6 Å². The Balaban J connectivity index is 1.12. The lowest BCUT2D eigenvalue weighted by Crippen LogP contribution is -2.45. The molecule has 1 aliphatic carbocycles. The van der Waals surface area contributed by atoms with Gasteiger partial charge in [-0.1, -0.05) is 54.6 Å². The number of carbonyl (C=O) groups excluding carboxylic acids is 1. The molecule has 1 saturated carbocycles. The number of halogens is 2. The molecule has 51 heavy (non-hydrogen) atoms. The lowest BCUT2D eigenvalue weighted by molar-refractivity contribution is -0.167. The Bertz CT molecular complexity index is 1940. The van der Waals surface area contributed by atoms with Crippen LogP contribution in [0.15, 0.2) is 66.7 Å². The molecule has 5 atom stereocenters. The fraction of sp³-hybridized carbons (Fsp3) is 0.444. The van der Waals surface area contributed by atoms with Gasteiger partial charge in [0.25, 0.3) is 0 Å². The lowest BCUT2D eigenvalue weighted by atomic mass is 9.85. The van der Waals surface area contributed by atoms with Crippen LogP contribution < -0.4 is 4.72 Å². The van der Waals surface area contributed by atoms with Gasteiger partial charge in [0.05, 0.1) is 11.7 Å². The summed E-state index contributed by atoms with van der Waals surface area (Å²) < 4.78 is 100. The second-order valence-electron chi connectivity index (χ2n) is 13.2. The van der Waals surface area contributed by atoms with Gasteiger partial charge >= 0.3 is 5.97 Å². The van der Waals surface area contributed by atoms with E-state index in [4.69, 9.17) is 14.2 Å². The maximum absolute atomic E-state index is 15.8. The summed E-state index contributed by atoms with van der Waals surface area (Å²) in [7, 11) is -3.77. The summed E-state index contributed by atoms with van der Waals surface area (Å²) in [4.78, 5) is 13.0. The van der Waals surface area contributed by atoms with Crippen molar-refractivity contribution in [3.8, 4) is 6.07 Å². The maximum atomic E-state index is 15.8. The molecule has 3 aromatic carbocycles. The van der Waals surface area contributed by atoms with E-state index in [1.807, 2.05) is 13.0 Å². The van der Waals surface area contributed by atoms with E-state index in [-0.39, 0.29) is 36.7 Å². The van der Waals surface area contributed by atoms with Crippen LogP contribution in [0.5, 0.6) is 0 Å². The summed E-state index contributed by atoms with van der Waals surface area (Å²) in [5.74, 6) is -2.05. The van der Waals surface area contributed by atoms with Crippen LogP contribution in [-0.2, 0) is 64.4 Å². The monoisotopic (exact) mass is 742 g/mol. The van der Waals surface area contributed by atoms with Gasteiger partial charge in [0.15, 0.2) is 0 Å². The van der Waals surface area contributed by atoms with Crippen molar-refractivity contribution in [1.82, 2.24) is 9.03 Å². The second-order valence-corrected chi connectivity index (χ2v) is 16.1. The van der Waals surface area contributed by atoms with Crippen molar-refractivity contribution in [3.63, 3.8) is 0 Å². The van der Waals surface area contributed by atoms with Gasteiger partial charge in [-0.3, -0.25) is 4.21 Å². The van der Waals surface area contributed by atoms with Crippen molar-refractivity contribution in [1.29, 1.82) is 5.26 Å². The first-order chi connectivity index (χ1) is 24.4. The van der Waals surface area contributed by atoms with E-state index < -0.39 is 67.9 Å². The third-order valence-corrected chi connectivity index (χ3v) is 12.9. The second kappa shape index (κ2) is 15.2. The zero-order valence-electron chi connectivity index (χ0n) is 27.9. The topological polar surface area (TPSA) is 158 Å². The van der Waals surface area contributed by atoms with Gasteiger partial charge in [-0.15, -0.1) is 0 Å². The Labute approximate surface area is 298 Å². The Morgan fingerprint density at radius 1 is 1.06 bits per heavy atom. The molecule has 2 heterocycles. The summed E-state index contributed by atoms with van der Waals surface area (Å²) in [6.45, 7) is 1.53. The third-order valence-electron chi connectivity index (χ3n) is 10.2. The largest absolute Gasteiger partial charge is 0.760 e. The number of nitriles is 1. The predicted octanol–water partition coefficient (Wildman–Crippen LogP) is 4.70. The van der Waals surface area contributed by atoms with Crippen LogP contribution in [0.3, 0.4) is 0 Å². The third kappa shape index (κ3) is 7.78. The normalized spacial score (nSPS) is 26.1. The number of nitrogens with one attached hydrogen (secondary N) is 1. The summed E-state index contributed by atoms with van der Waals surface area (Å²) in [5.41, 5.74) is -0.570. The predicted molar refractivity (Wildman–Crippen MR) is 180 cm³/mol. The zero-order valence-corrected chi connectivity index (χ0v) is 29.5. The number of rotatable bonds is 12. The van der Waals surface area contributed by atoms with Crippen molar-refractivity contribution in [2.24, 2.45) is 0 Å². The molecule has 1 N–H and O–H groups in total. The molecule has 3 aromatic rings. The van der Waals surface area contributed by atoms with E-state index >= 15 is 4.39 Å². The first-order valence-corrected chi connectivity index (χ1v) is 19.2. The van der Waals surface area contributed by atoms with Gasteiger partial charge in [0.1, 0.15) is 35.0 Å². The van der Waals surface area contributed by atoms with Crippen molar-refractivity contribution in [2.45, 2.75) is 80.5 Å². The maximum Gasteiger partial charge on any atom is 0.332 e. The molecule has 0 spiro atoms. The van der Waals surface area contributed by atoms with E-state index in [2.05, 4.69) is 10.8 Å². The first-order valence-electron chi connectivity index (χ1n) is 16.7. The van der Waals surface area contributed by atoms with Crippen LogP contribution in [0.1, 0.15) is 72.1 Å². The molecule has 6 rings (SSSR count). The van der Waals surface area contributed by atoms with E-state index in [1.54, 1.807) is 36.4 Å². The number of esters is 1. The molecular weight excluding hydrogens is 705 g/mol. The number of ether oxygens (including phenoxy) is 3. The molecule has 0 radical (unpaired) electrons.